The average molecular weight is 248 g/mol. The van der Waals surface area contributed by atoms with Gasteiger partial charge in [0.05, 0.1) is 0 Å². The van der Waals surface area contributed by atoms with Crippen molar-refractivity contribution < 1.29 is 14.3 Å². The molecular weight excluding hydrogens is 232 g/mol. The van der Waals surface area contributed by atoms with Crippen molar-refractivity contribution in [3.05, 3.63) is 35.4 Å². The number of benzene rings is 1. The molecule has 0 bridgehead atoms. The molecular formula is C13H16N2O3. The third-order valence-electron chi connectivity index (χ3n) is 2.80. The number of carbonyl (C=O) groups excluding carboxylic acids is 2. The lowest BCUT2D eigenvalue weighted by molar-refractivity contribution is -0.130. The Morgan fingerprint density at radius 2 is 2.17 bits per heavy atom. The third kappa shape index (κ3) is 3.07. The molecule has 2 N–H and O–H groups in total. The molecule has 1 fully saturated rings. The molecule has 0 aromatic heterocycles. The van der Waals surface area contributed by atoms with Gasteiger partial charge < -0.3 is 4.74 Å². The van der Waals surface area contributed by atoms with Gasteiger partial charge in [-0.05, 0) is 31.9 Å². The van der Waals surface area contributed by atoms with Crippen molar-refractivity contribution in [3.63, 3.8) is 0 Å². The van der Waals surface area contributed by atoms with Gasteiger partial charge in [0, 0.05) is 12.2 Å². The lowest BCUT2D eigenvalue weighted by Gasteiger charge is -2.11. The lowest BCUT2D eigenvalue weighted by atomic mass is 10.1. The van der Waals surface area contributed by atoms with Crippen LogP contribution in [0.4, 0.5) is 0 Å². The summed E-state index contributed by atoms with van der Waals surface area (Å²) in [6, 6.07) is 7.15. The summed E-state index contributed by atoms with van der Waals surface area (Å²) >= 11 is 0. The van der Waals surface area contributed by atoms with E-state index in [9.17, 15) is 9.59 Å². The highest BCUT2D eigenvalue weighted by molar-refractivity contribution is 5.95. The highest BCUT2D eigenvalue weighted by Gasteiger charge is 2.23. The van der Waals surface area contributed by atoms with Crippen molar-refractivity contribution in [2.45, 2.75) is 25.9 Å². The molecule has 1 heterocycles. The van der Waals surface area contributed by atoms with Gasteiger partial charge in [-0.2, -0.15) is 0 Å². The topological polar surface area (TPSA) is 67.4 Å². The Labute approximate surface area is 105 Å². The molecule has 2 amide bonds. The summed E-state index contributed by atoms with van der Waals surface area (Å²) in [5.74, 6) is -0.626. The van der Waals surface area contributed by atoms with Crippen LogP contribution >= 0.6 is 0 Å². The van der Waals surface area contributed by atoms with Crippen LogP contribution < -0.4 is 10.9 Å². The van der Waals surface area contributed by atoms with Crippen molar-refractivity contribution in [3.8, 4) is 0 Å². The van der Waals surface area contributed by atoms with Gasteiger partial charge in [-0.3, -0.25) is 20.4 Å². The van der Waals surface area contributed by atoms with Crippen LogP contribution in [0.15, 0.2) is 24.3 Å². The number of rotatable bonds is 2. The Bertz CT molecular complexity index is 453. The number of hydrogen-bond acceptors (Lipinski definition) is 3. The Balaban J connectivity index is 1.86. The molecule has 18 heavy (non-hydrogen) atoms. The summed E-state index contributed by atoms with van der Waals surface area (Å²) in [5.41, 5.74) is 6.27. The largest absolute Gasteiger partial charge is 0.368 e. The van der Waals surface area contributed by atoms with E-state index in [4.69, 9.17) is 4.74 Å². The van der Waals surface area contributed by atoms with Gasteiger partial charge in [-0.25, -0.2) is 0 Å². The van der Waals surface area contributed by atoms with Crippen molar-refractivity contribution >= 4 is 11.8 Å². The van der Waals surface area contributed by atoms with E-state index < -0.39 is 6.10 Å². The second kappa shape index (κ2) is 5.64. The van der Waals surface area contributed by atoms with E-state index in [1.54, 1.807) is 18.2 Å². The minimum Gasteiger partial charge on any atom is -0.368 e. The smallest absolute Gasteiger partial charge is 0.269 e. The van der Waals surface area contributed by atoms with Gasteiger partial charge in [0.15, 0.2) is 0 Å². The first kappa shape index (κ1) is 12.6. The lowest BCUT2D eigenvalue weighted by Crippen LogP contribution is -2.46. The SMILES string of the molecule is Cc1cccc(C(=O)NNC(=O)[C@H]2CCCO2)c1. The molecule has 5 heteroatoms. The maximum Gasteiger partial charge on any atom is 0.269 e. The molecule has 0 saturated carbocycles. The zero-order valence-corrected chi connectivity index (χ0v) is 10.2. The van der Waals surface area contributed by atoms with E-state index >= 15 is 0 Å². The zero-order chi connectivity index (χ0) is 13.0. The molecule has 1 aromatic rings. The fourth-order valence-electron chi connectivity index (χ4n) is 1.84. The van der Waals surface area contributed by atoms with Crippen molar-refractivity contribution in [2.24, 2.45) is 0 Å². The third-order valence-corrected chi connectivity index (χ3v) is 2.80. The predicted octanol–water partition coefficient (Wildman–Crippen LogP) is 0.935. The average Bonchev–Trinajstić information content (AvgIpc) is 2.89. The van der Waals surface area contributed by atoms with Crippen LogP contribution in [0.25, 0.3) is 0 Å². The van der Waals surface area contributed by atoms with Gasteiger partial charge in [0.25, 0.3) is 11.8 Å². The van der Waals surface area contributed by atoms with Gasteiger partial charge in [-0.15, -0.1) is 0 Å². The van der Waals surface area contributed by atoms with E-state index in [2.05, 4.69) is 10.9 Å². The predicted molar refractivity (Wildman–Crippen MR) is 65.8 cm³/mol. The first-order chi connectivity index (χ1) is 8.66. The van der Waals surface area contributed by atoms with Gasteiger partial charge >= 0.3 is 0 Å². The van der Waals surface area contributed by atoms with Crippen LogP contribution in [0.1, 0.15) is 28.8 Å². The Hall–Kier alpha value is -1.88. The molecule has 1 aliphatic rings. The second-order valence-electron chi connectivity index (χ2n) is 4.31. The van der Waals surface area contributed by atoms with Crippen molar-refractivity contribution in [2.75, 3.05) is 6.61 Å². The summed E-state index contributed by atoms with van der Waals surface area (Å²) in [4.78, 5) is 23.3. The quantitative estimate of drug-likeness (QED) is 0.765. The number of hydrazine groups is 1. The molecule has 1 atom stereocenters. The van der Waals surface area contributed by atoms with Crippen molar-refractivity contribution in [1.29, 1.82) is 0 Å². The molecule has 1 aromatic carbocycles. The molecule has 1 saturated heterocycles. The number of hydrogen-bond donors (Lipinski definition) is 2. The van der Waals surface area contributed by atoms with Crippen LogP contribution in [0.3, 0.4) is 0 Å². The highest BCUT2D eigenvalue weighted by atomic mass is 16.5. The molecule has 0 spiro atoms. The maximum atomic E-state index is 11.7. The van der Waals surface area contributed by atoms with Crippen LogP contribution in [-0.2, 0) is 9.53 Å². The first-order valence-electron chi connectivity index (χ1n) is 5.95. The zero-order valence-electron chi connectivity index (χ0n) is 10.2. The van der Waals surface area contributed by atoms with Gasteiger partial charge in [-0.1, -0.05) is 17.7 Å². The van der Waals surface area contributed by atoms with E-state index in [-0.39, 0.29) is 11.8 Å². The minimum absolute atomic E-state index is 0.298. The number of aryl methyl sites for hydroxylation is 1. The molecule has 0 unspecified atom stereocenters. The van der Waals surface area contributed by atoms with Crippen LogP contribution in [0.2, 0.25) is 0 Å². The van der Waals surface area contributed by atoms with Crippen molar-refractivity contribution in [1.82, 2.24) is 10.9 Å². The van der Waals surface area contributed by atoms with E-state index in [1.807, 2.05) is 13.0 Å². The summed E-state index contributed by atoms with van der Waals surface area (Å²) < 4.78 is 5.21. The fraction of sp³-hybridized carbons (Fsp3) is 0.385. The highest BCUT2D eigenvalue weighted by Crippen LogP contribution is 2.11. The summed E-state index contributed by atoms with van der Waals surface area (Å²) in [6.45, 7) is 2.51. The molecule has 2 rings (SSSR count). The Morgan fingerprint density at radius 3 is 2.83 bits per heavy atom. The molecule has 96 valence electrons. The number of nitrogens with one attached hydrogen (secondary N) is 2. The first-order valence-corrected chi connectivity index (χ1v) is 5.95. The van der Waals surface area contributed by atoms with Gasteiger partial charge in [0.1, 0.15) is 6.10 Å². The van der Waals surface area contributed by atoms with E-state index in [0.717, 1.165) is 12.0 Å². The van der Waals surface area contributed by atoms with E-state index in [1.165, 1.54) is 0 Å². The molecule has 5 nitrogen and oxygen atoms in total. The number of ether oxygens (including phenoxy) is 1. The maximum absolute atomic E-state index is 11.7. The van der Waals surface area contributed by atoms with Crippen LogP contribution in [-0.4, -0.2) is 24.5 Å². The summed E-state index contributed by atoms with van der Waals surface area (Å²) in [5, 5.41) is 0. The Morgan fingerprint density at radius 1 is 1.33 bits per heavy atom. The van der Waals surface area contributed by atoms with E-state index in [0.29, 0.717) is 18.6 Å². The van der Waals surface area contributed by atoms with Crippen LogP contribution in [0, 0.1) is 6.92 Å². The van der Waals surface area contributed by atoms with Crippen LogP contribution in [0.5, 0.6) is 0 Å². The molecule has 1 aliphatic heterocycles. The fourth-order valence-corrected chi connectivity index (χ4v) is 1.84. The molecule has 0 radical (unpaired) electrons. The standard InChI is InChI=1S/C13H16N2O3/c1-9-4-2-5-10(8-9)12(16)14-15-13(17)11-6-3-7-18-11/h2,4-5,8,11H,3,6-7H2,1H3,(H,14,16)(H,15,17)/t11-/m1/s1. The summed E-state index contributed by atoms with van der Waals surface area (Å²) in [7, 11) is 0. The Kier molecular flexibility index (Phi) is 3.94. The number of carbonyl (C=O) groups is 2. The van der Waals surface area contributed by atoms with Gasteiger partial charge in [0.2, 0.25) is 0 Å². The minimum atomic E-state index is -0.442. The number of amides is 2. The second-order valence-corrected chi connectivity index (χ2v) is 4.31. The monoisotopic (exact) mass is 248 g/mol. The summed E-state index contributed by atoms with van der Waals surface area (Å²) in [6.07, 6.45) is 1.14. The normalized spacial score (nSPS) is 18.4. The molecule has 0 aliphatic carbocycles.